The van der Waals surface area contributed by atoms with Gasteiger partial charge >= 0.3 is 0 Å². The fourth-order valence-electron chi connectivity index (χ4n) is 5.07. The number of hydrogen-bond acceptors (Lipinski definition) is 6. The van der Waals surface area contributed by atoms with Gasteiger partial charge in [-0.25, -0.2) is 13.8 Å². The molecule has 2 aliphatic rings. The van der Waals surface area contributed by atoms with Gasteiger partial charge in [0.15, 0.2) is 22.9 Å². The van der Waals surface area contributed by atoms with E-state index < -0.39 is 11.6 Å². The van der Waals surface area contributed by atoms with Gasteiger partial charge in [-0.05, 0) is 43.9 Å². The Morgan fingerprint density at radius 3 is 2.76 bits per heavy atom. The van der Waals surface area contributed by atoms with E-state index >= 15 is 0 Å². The van der Waals surface area contributed by atoms with Crippen LogP contribution in [0.25, 0.3) is 16.7 Å². The van der Waals surface area contributed by atoms with Gasteiger partial charge in [-0.15, -0.1) is 0 Å². The Morgan fingerprint density at radius 1 is 1.21 bits per heavy atom. The summed E-state index contributed by atoms with van der Waals surface area (Å²) in [7, 11) is 0. The number of nitrogens with zero attached hydrogens (tertiary/aromatic N) is 5. The molecule has 6 rings (SSSR count). The quantitative estimate of drug-likeness (QED) is 0.421. The molecule has 0 bridgehead atoms. The first-order chi connectivity index (χ1) is 16.4. The van der Waals surface area contributed by atoms with E-state index in [1.54, 1.807) is 6.20 Å². The molecule has 3 N–H and O–H groups in total. The van der Waals surface area contributed by atoms with Crippen LogP contribution in [0.5, 0.6) is 0 Å². The zero-order valence-electron chi connectivity index (χ0n) is 18.6. The number of ether oxygens (including phenoxy) is 1. The van der Waals surface area contributed by atoms with Crippen LogP contribution >= 0.6 is 0 Å². The molecule has 0 saturated carbocycles. The zero-order valence-corrected chi connectivity index (χ0v) is 18.6. The number of H-pyrrole nitrogens is 1. The van der Waals surface area contributed by atoms with Crippen LogP contribution in [0.1, 0.15) is 31.0 Å². The standard InChI is InChI=1S/C24H23F2N7O/c1-14-20(27)24(13-34-14)6-9-32(10-7-24)23-29-21-19(22-28-8-11-33(22)23)18(30-31-21)5-3-15-2-4-16(25)17(26)12-15/h2,4,8,11-12,14,20H,6-7,9-10,13,27H2,1H3,(H,30,31)/t14-,20+/m0/s1. The molecule has 2 aliphatic heterocycles. The fraction of sp³-hybridized carbons (Fsp3) is 0.375. The molecular formula is C24H23F2N7O. The second kappa shape index (κ2) is 7.75. The maximum Gasteiger partial charge on any atom is 0.213 e. The zero-order chi connectivity index (χ0) is 23.4. The lowest BCUT2D eigenvalue weighted by molar-refractivity contribution is 0.0973. The van der Waals surface area contributed by atoms with Crippen molar-refractivity contribution < 1.29 is 13.5 Å². The largest absolute Gasteiger partial charge is 0.376 e. The number of nitrogens with two attached hydrogens (primary N) is 1. The van der Waals surface area contributed by atoms with E-state index in [4.69, 9.17) is 15.5 Å². The molecule has 1 aromatic carbocycles. The minimum atomic E-state index is -0.941. The molecule has 2 saturated heterocycles. The maximum atomic E-state index is 13.5. The maximum absolute atomic E-state index is 13.5. The van der Waals surface area contributed by atoms with E-state index in [-0.39, 0.29) is 17.6 Å². The third kappa shape index (κ3) is 3.23. The third-order valence-electron chi connectivity index (χ3n) is 7.17. The predicted molar refractivity (Wildman–Crippen MR) is 122 cm³/mol. The van der Waals surface area contributed by atoms with E-state index in [1.807, 2.05) is 17.5 Å². The summed E-state index contributed by atoms with van der Waals surface area (Å²) in [6.45, 7) is 4.37. The molecule has 5 heterocycles. The number of rotatable bonds is 1. The van der Waals surface area contributed by atoms with Crippen LogP contribution in [0, 0.1) is 28.9 Å². The smallest absolute Gasteiger partial charge is 0.213 e. The number of halogens is 2. The summed E-state index contributed by atoms with van der Waals surface area (Å²) in [4.78, 5) is 11.6. The molecule has 3 aromatic heterocycles. The van der Waals surface area contributed by atoms with Gasteiger partial charge in [0.05, 0.1) is 18.1 Å². The molecular weight excluding hydrogens is 440 g/mol. The summed E-state index contributed by atoms with van der Waals surface area (Å²) in [5.74, 6) is 4.70. The third-order valence-corrected chi connectivity index (χ3v) is 7.17. The van der Waals surface area contributed by atoms with Crippen LogP contribution < -0.4 is 10.6 Å². The molecule has 2 atom stereocenters. The van der Waals surface area contributed by atoms with Crippen LogP contribution in [0.15, 0.2) is 30.6 Å². The van der Waals surface area contributed by atoms with Gasteiger partial charge in [-0.1, -0.05) is 5.92 Å². The first-order valence-corrected chi connectivity index (χ1v) is 11.3. The molecule has 8 nitrogen and oxygen atoms in total. The number of imidazole rings is 1. The van der Waals surface area contributed by atoms with Crippen molar-refractivity contribution in [1.29, 1.82) is 0 Å². The molecule has 34 heavy (non-hydrogen) atoms. The van der Waals surface area contributed by atoms with Gasteiger partial charge in [-0.3, -0.25) is 9.50 Å². The lowest BCUT2D eigenvalue weighted by Crippen LogP contribution is -2.51. The van der Waals surface area contributed by atoms with Crippen molar-refractivity contribution in [2.45, 2.75) is 31.9 Å². The van der Waals surface area contributed by atoms with Crippen molar-refractivity contribution in [1.82, 2.24) is 24.6 Å². The van der Waals surface area contributed by atoms with Crippen molar-refractivity contribution in [3.63, 3.8) is 0 Å². The van der Waals surface area contributed by atoms with E-state index in [9.17, 15) is 8.78 Å². The fourth-order valence-corrected chi connectivity index (χ4v) is 5.07. The van der Waals surface area contributed by atoms with Crippen molar-refractivity contribution in [2.75, 3.05) is 24.6 Å². The molecule has 0 aliphatic carbocycles. The Labute approximate surface area is 194 Å². The second-order valence-electron chi connectivity index (χ2n) is 9.10. The molecule has 0 radical (unpaired) electrons. The average molecular weight is 463 g/mol. The average Bonchev–Trinajstić information content (AvgIpc) is 3.55. The molecule has 10 heteroatoms. The molecule has 4 aromatic rings. The Kier molecular flexibility index (Phi) is 4.79. The van der Waals surface area contributed by atoms with Crippen molar-refractivity contribution >= 4 is 22.6 Å². The summed E-state index contributed by atoms with van der Waals surface area (Å²) in [5.41, 5.74) is 8.53. The van der Waals surface area contributed by atoms with Gasteiger partial charge in [0.25, 0.3) is 0 Å². The summed E-state index contributed by atoms with van der Waals surface area (Å²) in [6.07, 6.45) is 5.53. The Balaban J connectivity index is 1.34. The topological polar surface area (TPSA) is 97.4 Å². The van der Waals surface area contributed by atoms with Crippen molar-refractivity contribution in [3.8, 4) is 11.8 Å². The highest BCUT2D eigenvalue weighted by atomic mass is 19.2. The monoisotopic (exact) mass is 463 g/mol. The van der Waals surface area contributed by atoms with Crippen LogP contribution in [0.4, 0.5) is 14.7 Å². The number of aromatic amines is 1. The molecule has 174 valence electrons. The number of benzene rings is 1. The number of hydrogen-bond donors (Lipinski definition) is 2. The van der Waals surface area contributed by atoms with E-state index in [0.717, 1.165) is 44.0 Å². The Morgan fingerprint density at radius 2 is 2.03 bits per heavy atom. The first-order valence-electron chi connectivity index (χ1n) is 11.3. The lowest BCUT2D eigenvalue weighted by Gasteiger charge is -2.41. The van der Waals surface area contributed by atoms with Crippen molar-refractivity contribution in [2.24, 2.45) is 11.1 Å². The normalized spacial score (nSPS) is 21.9. The molecule has 1 spiro atoms. The van der Waals surface area contributed by atoms with E-state index in [0.29, 0.717) is 34.5 Å². The second-order valence-corrected chi connectivity index (χ2v) is 9.10. The van der Waals surface area contributed by atoms with Gasteiger partial charge in [-0.2, -0.15) is 10.1 Å². The number of nitrogens with one attached hydrogen (secondary N) is 1. The van der Waals surface area contributed by atoms with Crippen LogP contribution in [0.3, 0.4) is 0 Å². The van der Waals surface area contributed by atoms with Crippen molar-refractivity contribution in [3.05, 3.63) is 53.5 Å². The minimum absolute atomic E-state index is 0.0185. The highest BCUT2D eigenvalue weighted by molar-refractivity contribution is 5.94. The van der Waals surface area contributed by atoms with Crippen LogP contribution in [-0.2, 0) is 4.74 Å². The number of fused-ring (bicyclic) bond motifs is 3. The van der Waals surface area contributed by atoms with Crippen LogP contribution in [-0.4, -0.2) is 56.4 Å². The number of piperidine rings is 1. The molecule has 0 amide bonds. The van der Waals surface area contributed by atoms with Gasteiger partial charge in [0.1, 0.15) is 5.69 Å². The van der Waals surface area contributed by atoms with Gasteiger partial charge < -0.3 is 15.4 Å². The predicted octanol–water partition coefficient (Wildman–Crippen LogP) is 2.62. The summed E-state index contributed by atoms with van der Waals surface area (Å²) >= 11 is 0. The van der Waals surface area contributed by atoms with E-state index in [2.05, 4.69) is 31.9 Å². The lowest BCUT2D eigenvalue weighted by atomic mass is 9.73. The van der Waals surface area contributed by atoms with Gasteiger partial charge in [0, 0.05) is 42.5 Å². The number of anilines is 1. The summed E-state index contributed by atoms with van der Waals surface area (Å²) in [6, 6.07) is 3.58. The molecule has 0 unspecified atom stereocenters. The minimum Gasteiger partial charge on any atom is -0.376 e. The molecule has 2 fully saturated rings. The Bertz CT molecular complexity index is 1460. The van der Waals surface area contributed by atoms with Crippen LogP contribution in [0.2, 0.25) is 0 Å². The SMILES string of the molecule is C[C@@H]1OCC2(CCN(c3nc4[nH]nc(C#Cc5ccc(F)c(F)c5)c4c4nccn34)CC2)[C@@H]1N. The first kappa shape index (κ1) is 21.0. The number of aromatic nitrogens is 5. The highest BCUT2D eigenvalue weighted by Gasteiger charge is 2.47. The Hall–Kier alpha value is -3.55. The van der Waals surface area contributed by atoms with E-state index in [1.165, 1.54) is 6.07 Å². The highest BCUT2D eigenvalue weighted by Crippen LogP contribution is 2.42. The summed E-state index contributed by atoms with van der Waals surface area (Å²) < 4.78 is 34.5. The summed E-state index contributed by atoms with van der Waals surface area (Å²) in [5, 5.41) is 7.94. The van der Waals surface area contributed by atoms with Gasteiger partial charge in [0.2, 0.25) is 5.95 Å².